The maximum atomic E-state index is 10.6. The zero-order valence-electron chi connectivity index (χ0n) is 8.49. The molecule has 0 spiro atoms. The van der Waals surface area contributed by atoms with Crippen molar-refractivity contribution >= 4 is 5.91 Å². The number of amides is 1. The van der Waals surface area contributed by atoms with Crippen LogP contribution in [0.2, 0.25) is 0 Å². The number of carbonyl (C=O) groups is 1. The van der Waals surface area contributed by atoms with Crippen molar-refractivity contribution < 1.29 is 9.53 Å². The summed E-state index contributed by atoms with van der Waals surface area (Å²) in [5, 5.41) is 10.7. The van der Waals surface area contributed by atoms with Crippen LogP contribution in [0.25, 0.3) is 0 Å². The average Bonchev–Trinajstić information content (AvgIpc) is 2.29. The summed E-state index contributed by atoms with van der Waals surface area (Å²) in [6.07, 6.45) is 0.706. The Morgan fingerprint density at radius 3 is 2.67 bits per heavy atom. The van der Waals surface area contributed by atoms with Gasteiger partial charge in [0.2, 0.25) is 0 Å². The van der Waals surface area contributed by atoms with Crippen molar-refractivity contribution in [2.45, 2.75) is 6.42 Å². The molecule has 1 aromatic carbocycles. The first-order valence-electron chi connectivity index (χ1n) is 4.57. The first-order chi connectivity index (χ1) is 7.26. The van der Waals surface area contributed by atoms with E-state index in [0.29, 0.717) is 13.0 Å². The standard InChI is InChI=1S/C11H12N2O2/c1-15-10-4-2-9(3-5-10)6-7-13-11(14)8-12/h2-5H,6-7H2,1H3,(H,13,14). The fraction of sp³-hybridized carbons (Fsp3) is 0.273. The molecule has 1 aromatic rings. The second-order valence-corrected chi connectivity index (χ2v) is 2.97. The van der Waals surface area contributed by atoms with Crippen molar-refractivity contribution in [2.24, 2.45) is 0 Å². The van der Waals surface area contributed by atoms with Crippen molar-refractivity contribution in [2.75, 3.05) is 13.7 Å². The Bertz CT molecular complexity index is 365. The number of methoxy groups -OCH3 is 1. The molecule has 0 aromatic heterocycles. The normalized spacial score (nSPS) is 9.07. The summed E-state index contributed by atoms with van der Waals surface area (Å²) in [5.74, 6) is 0.211. The van der Waals surface area contributed by atoms with E-state index in [0.717, 1.165) is 11.3 Å². The van der Waals surface area contributed by atoms with E-state index in [9.17, 15) is 4.79 Å². The van der Waals surface area contributed by atoms with Crippen molar-refractivity contribution in [3.63, 3.8) is 0 Å². The Labute approximate surface area is 88.5 Å². The van der Waals surface area contributed by atoms with E-state index in [-0.39, 0.29) is 0 Å². The minimum absolute atomic E-state index is 0.471. The highest BCUT2D eigenvalue weighted by Crippen LogP contribution is 2.11. The number of ether oxygens (including phenoxy) is 1. The fourth-order valence-electron chi connectivity index (χ4n) is 1.15. The maximum Gasteiger partial charge on any atom is 0.322 e. The molecule has 4 nitrogen and oxygen atoms in total. The van der Waals surface area contributed by atoms with Gasteiger partial charge >= 0.3 is 5.91 Å². The molecule has 1 rings (SSSR count). The summed E-state index contributed by atoms with van der Waals surface area (Å²) >= 11 is 0. The lowest BCUT2D eigenvalue weighted by Gasteiger charge is -2.03. The predicted octanol–water partition coefficient (Wildman–Crippen LogP) is 0.877. The van der Waals surface area contributed by atoms with Gasteiger partial charge in [0.05, 0.1) is 7.11 Å². The van der Waals surface area contributed by atoms with Gasteiger partial charge in [0.15, 0.2) is 6.07 Å². The van der Waals surface area contributed by atoms with Crippen LogP contribution in [0.1, 0.15) is 5.56 Å². The van der Waals surface area contributed by atoms with Crippen molar-refractivity contribution in [3.8, 4) is 11.8 Å². The fourth-order valence-corrected chi connectivity index (χ4v) is 1.15. The highest BCUT2D eigenvalue weighted by Gasteiger charge is 1.97. The van der Waals surface area contributed by atoms with Gasteiger partial charge in [-0.15, -0.1) is 0 Å². The van der Waals surface area contributed by atoms with E-state index in [2.05, 4.69) is 5.32 Å². The van der Waals surface area contributed by atoms with Crippen LogP contribution >= 0.6 is 0 Å². The van der Waals surface area contributed by atoms with Crippen LogP contribution in [0.15, 0.2) is 24.3 Å². The van der Waals surface area contributed by atoms with E-state index >= 15 is 0 Å². The van der Waals surface area contributed by atoms with Crippen LogP contribution in [0.3, 0.4) is 0 Å². The zero-order chi connectivity index (χ0) is 11.1. The van der Waals surface area contributed by atoms with Crippen molar-refractivity contribution in [1.82, 2.24) is 5.32 Å². The number of nitrogens with zero attached hydrogens (tertiary/aromatic N) is 1. The third-order valence-corrected chi connectivity index (χ3v) is 1.96. The van der Waals surface area contributed by atoms with Gasteiger partial charge in [0.25, 0.3) is 0 Å². The molecule has 0 fully saturated rings. The molecule has 0 saturated heterocycles. The van der Waals surface area contributed by atoms with E-state index in [1.807, 2.05) is 24.3 Å². The van der Waals surface area contributed by atoms with Crippen LogP contribution in [0, 0.1) is 11.3 Å². The third kappa shape index (κ3) is 3.69. The Morgan fingerprint density at radius 1 is 1.47 bits per heavy atom. The highest BCUT2D eigenvalue weighted by atomic mass is 16.5. The average molecular weight is 204 g/mol. The molecular formula is C11H12N2O2. The number of rotatable bonds is 4. The van der Waals surface area contributed by atoms with E-state index < -0.39 is 5.91 Å². The molecule has 4 heteroatoms. The van der Waals surface area contributed by atoms with Crippen molar-refractivity contribution in [1.29, 1.82) is 5.26 Å². The quantitative estimate of drug-likeness (QED) is 0.740. The predicted molar refractivity (Wildman–Crippen MR) is 55.3 cm³/mol. The molecule has 0 atom stereocenters. The second kappa shape index (κ2) is 5.66. The van der Waals surface area contributed by atoms with Gasteiger partial charge in [-0.2, -0.15) is 5.26 Å². The van der Waals surface area contributed by atoms with Crippen LogP contribution in [0.4, 0.5) is 0 Å². The van der Waals surface area contributed by atoms with Gasteiger partial charge in [-0.25, -0.2) is 0 Å². The molecule has 0 aliphatic heterocycles. The van der Waals surface area contributed by atoms with Gasteiger partial charge in [-0.3, -0.25) is 4.79 Å². The molecule has 15 heavy (non-hydrogen) atoms. The number of carbonyl (C=O) groups excluding carboxylic acids is 1. The SMILES string of the molecule is COc1ccc(CCNC(=O)C#N)cc1. The Balaban J connectivity index is 2.38. The first kappa shape index (κ1) is 11.1. The van der Waals surface area contributed by atoms with E-state index in [1.54, 1.807) is 7.11 Å². The van der Waals surface area contributed by atoms with Crippen molar-refractivity contribution in [3.05, 3.63) is 29.8 Å². The maximum absolute atomic E-state index is 10.6. The Morgan fingerprint density at radius 2 is 2.13 bits per heavy atom. The van der Waals surface area contributed by atoms with Gasteiger partial charge in [0, 0.05) is 6.54 Å². The molecule has 1 amide bonds. The molecule has 78 valence electrons. The minimum Gasteiger partial charge on any atom is -0.497 e. The molecule has 0 heterocycles. The van der Waals surface area contributed by atoms with Crippen LogP contribution in [0.5, 0.6) is 5.75 Å². The molecule has 1 N–H and O–H groups in total. The lowest BCUT2D eigenvalue weighted by molar-refractivity contribution is -0.115. The minimum atomic E-state index is -0.594. The number of nitrogens with one attached hydrogen (secondary N) is 1. The molecule has 0 unspecified atom stereocenters. The molecule has 0 saturated carbocycles. The van der Waals surface area contributed by atoms with Gasteiger partial charge in [-0.1, -0.05) is 12.1 Å². The van der Waals surface area contributed by atoms with Gasteiger partial charge < -0.3 is 10.1 Å². The summed E-state index contributed by atoms with van der Waals surface area (Å²) in [6.45, 7) is 0.471. The Kier molecular flexibility index (Phi) is 4.17. The summed E-state index contributed by atoms with van der Waals surface area (Å²) in [6, 6.07) is 9.08. The zero-order valence-corrected chi connectivity index (χ0v) is 8.49. The summed E-state index contributed by atoms with van der Waals surface area (Å²) in [7, 11) is 1.61. The largest absolute Gasteiger partial charge is 0.497 e. The van der Waals surface area contributed by atoms with E-state index in [1.165, 1.54) is 6.07 Å². The molecule has 0 aliphatic carbocycles. The molecular weight excluding hydrogens is 192 g/mol. The molecule has 0 radical (unpaired) electrons. The summed E-state index contributed by atoms with van der Waals surface area (Å²) < 4.78 is 5.02. The molecule has 0 bridgehead atoms. The van der Waals surface area contributed by atoms with Gasteiger partial charge in [0.1, 0.15) is 5.75 Å². The van der Waals surface area contributed by atoms with Gasteiger partial charge in [-0.05, 0) is 24.1 Å². The lowest BCUT2D eigenvalue weighted by Crippen LogP contribution is -2.23. The lowest BCUT2D eigenvalue weighted by atomic mass is 10.1. The Hall–Kier alpha value is -2.02. The number of benzene rings is 1. The first-order valence-corrected chi connectivity index (χ1v) is 4.57. The van der Waals surface area contributed by atoms with Crippen LogP contribution < -0.4 is 10.1 Å². The third-order valence-electron chi connectivity index (χ3n) is 1.96. The molecule has 0 aliphatic rings. The highest BCUT2D eigenvalue weighted by molar-refractivity contribution is 5.91. The second-order valence-electron chi connectivity index (χ2n) is 2.97. The summed E-state index contributed by atoms with van der Waals surface area (Å²) in [4.78, 5) is 10.6. The number of hydrogen-bond donors (Lipinski definition) is 1. The topological polar surface area (TPSA) is 62.1 Å². The van der Waals surface area contributed by atoms with E-state index in [4.69, 9.17) is 10.00 Å². The number of nitriles is 1. The van der Waals surface area contributed by atoms with Crippen LogP contribution in [-0.2, 0) is 11.2 Å². The smallest absolute Gasteiger partial charge is 0.322 e. The van der Waals surface area contributed by atoms with Crippen LogP contribution in [-0.4, -0.2) is 19.6 Å². The number of hydrogen-bond acceptors (Lipinski definition) is 3. The monoisotopic (exact) mass is 204 g/mol. The summed E-state index contributed by atoms with van der Waals surface area (Å²) in [5.41, 5.74) is 1.09.